The van der Waals surface area contributed by atoms with Crippen LogP contribution in [0.5, 0.6) is 0 Å². The van der Waals surface area contributed by atoms with Crippen molar-refractivity contribution in [2.45, 2.75) is 120 Å². The molecule has 0 N–H and O–H groups in total. The highest BCUT2D eigenvalue weighted by Crippen LogP contribution is 2.39. The normalized spacial score (nSPS) is 24.1. The molecule has 7 aromatic carbocycles. The second-order valence-electron chi connectivity index (χ2n) is 19.0. The number of carbonyl (C=O) groups is 1. The van der Waals surface area contributed by atoms with Crippen molar-refractivity contribution in [3.05, 3.63) is 262 Å². The Morgan fingerprint density at radius 1 is 0.416 bits per heavy atom. The molecule has 14 nitrogen and oxygen atoms in total. The molecule has 0 bridgehead atoms. The molecule has 7 aromatic rings. The van der Waals surface area contributed by atoms with Crippen LogP contribution in [-0.2, 0) is 98.4 Å². The van der Waals surface area contributed by atoms with E-state index in [-0.39, 0.29) is 52.9 Å². The maximum atomic E-state index is 13.7. The number of hydrogen-bond donors (Lipinski definition) is 0. The maximum Gasteiger partial charge on any atom is 0.303 e. The van der Waals surface area contributed by atoms with Gasteiger partial charge in [0, 0.05) is 11.8 Å². The van der Waals surface area contributed by atoms with Crippen LogP contribution in [0.2, 0.25) is 0 Å². The average Bonchev–Trinajstić information content (AvgIpc) is 3.48. The minimum atomic E-state index is -1.38. The molecule has 2 fully saturated rings. The molecule has 77 heavy (non-hydrogen) atoms. The van der Waals surface area contributed by atoms with E-state index in [9.17, 15) is 10.3 Å². The Kier molecular flexibility index (Phi) is 20.6. The Balaban J connectivity index is 1.15. The van der Waals surface area contributed by atoms with Crippen LogP contribution >= 0.6 is 0 Å². The number of benzene rings is 7. The Bertz CT molecular complexity index is 2840. The van der Waals surface area contributed by atoms with Gasteiger partial charge in [-0.15, -0.1) is 0 Å². The summed E-state index contributed by atoms with van der Waals surface area (Å²) in [5.41, 5.74) is 16.8. The van der Waals surface area contributed by atoms with Gasteiger partial charge in [0.15, 0.2) is 12.4 Å². The molecule has 398 valence electrons. The van der Waals surface area contributed by atoms with Crippen molar-refractivity contribution < 1.29 is 52.2 Å². The molecule has 11 atom stereocenters. The molecule has 1 aliphatic carbocycles. The minimum Gasteiger partial charge on any atom is -0.457 e. The van der Waals surface area contributed by atoms with Gasteiger partial charge in [0.2, 0.25) is 0 Å². The summed E-state index contributed by atoms with van der Waals surface area (Å²) in [6, 6.07) is 67.1. The zero-order valence-corrected chi connectivity index (χ0v) is 43.0. The predicted molar refractivity (Wildman–Crippen MR) is 288 cm³/mol. The maximum absolute atomic E-state index is 13.7. The van der Waals surface area contributed by atoms with Gasteiger partial charge in [0.25, 0.3) is 0 Å². The lowest BCUT2D eigenvalue weighted by Crippen LogP contribution is -2.69. The zero-order chi connectivity index (χ0) is 52.9. The molecule has 0 aromatic heterocycles. The van der Waals surface area contributed by atoms with Crippen molar-refractivity contribution >= 4 is 5.97 Å². The third-order valence-corrected chi connectivity index (χ3v) is 13.4. The summed E-state index contributed by atoms with van der Waals surface area (Å²) in [6.07, 6.45) is -10.5. The van der Waals surface area contributed by atoms with Crippen LogP contribution < -0.4 is 0 Å². The van der Waals surface area contributed by atoms with Gasteiger partial charge in [-0.3, -0.25) is 4.79 Å². The smallest absolute Gasteiger partial charge is 0.303 e. The number of azide groups is 1. The predicted octanol–water partition coefficient (Wildman–Crippen LogP) is 11.4. The van der Waals surface area contributed by atoms with Crippen molar-refractivity contribution in [3.8, 4) is 0 Å². The van der Waals surface area contributed by atoms with Gasteiger partial charge in [-0.2, -0.15) is 0 Å². The highest BCUT2D eigenvalue weighted by atomic mass is 16.7. The van der Waals surface area contributed by atoms with Gasteiger partial charge in [0.05, 0.1) is 52.9 Å². The van der Waals surface area contributed by atoms with Crippen LogP contribution in [0.15, 0.2) is 217 Å². The van der Waals surface area contributed by atoms with Crippen LogP contribution in [0.1, 0.15) is 45.9 Å². The van der Waals surface area contributed by atoms with Crippen LogP contribution in [-0.4, -0.2) is 79.8 Å². The first-order chi connectivity index (χ1) is 38.0. The summed E-state index contributed by atoms with van der Waals surface area (Å²) in [6.45, 7) is 2.46. The SMILES string of the molecule is CC(=O)O[C@@H]1[C@H](OCc2ccccc2)[C@@H](OCc2ccccc2)[C@@H](OCc2ccccc2)[C@H](OCc2ccccc2)[C@H]1O[C@H]1O[C@H](COCc2ccccc2)[C@@H](OCc2ccccc2)[C@H](OCc2ccccc2)[C@H]1N=[N+]=[N-]. The van der Waals surface area contributed by atoms with Gasteiger partial charge >= 0.3 is 5.97 Å². The van der Waals surface area contributed by atoms with E-state index in [0.717, 1.165) is 38.9 Å². The summed E-state index contributed by atoms with van der Waals surface area (Å²) >= 11 is 0. The van der Waals surface area contributed by atoms with Crippen molar-refractivity contribution in [1.29, 1.82) is 0 Å². The number of hydrogen-bond acceptors (Lipinski definition) is 12. The number of nitrogens with zero attached hydrogens (tertiary/aromatic N) is 3. The van der Waals surface area contributed by atoms with Gasteiger partial charge in [0.1, 0.15) is 54.9 Å². The van der Waals surface area contributed by atoms with Crippen LogP contribution in [0, 0.1) is 0 Å². The molecule has 14 heteroatoms. The molecule has 1 heterocycles. The highest BCUT2D eigenvalue weighted by molar-refractivity contribution is 5.66. The van der Waals surface area contributed by atoms with E-state index in [4.69, 9.17) is 47.4 Å². The fourth-order valence-electron chi connectivity index (χ4n) is 9.70. The highest BCUT2D eigenvalue weighted by Gasteiger charge is 2.58. The standard InChI is InChI=1S/C63H65N3O11/c1-45(67)75-61-59(73-42-51-33-19-7-20-34-51)57(71-40-49-29-15-5-16-30-49)58(72-41-50-31-17-6-18-32-50)60(74-43-52-35-21-8-22-36-52)62(61)77-63-54(65-66-64)56(70-39-48-27-13-4-14-28-48)55(69-38-47-25-11-3-12-26-47)53(76-63)44-68-37-46-23-9-2-10-24-46/h2-36,53-63H,37-44H2,1H3/t53-,54-,55-,56-,57+,58-,59-,60+,61-,62-,63-/m1/s1. The lowest BCUT2D eigenvalue weighted by Gasteiger charge is -2.51. The van der Waals surface area contributed by atoms with Crippen LogP contribution in [0.3, 0.4) is 0 Å². The first kappa shape index (κ1) is 54.7. The number of rotatable bonds is 26. The van der Waals surface area contributed by atoms with E-state index in [1.807, 2.05) is 212 Å². The Morgan fingerprint density at radius 3 is 1.05 bits per heavy atom. The fourth-order valence-corrected chi connectivity index (χ4v) is 9.70. The van der Waals surface area contributed by atoms with Crippen LogP contribution in [0.25, 0.3) is 10.4 Å². The molecular formula is C63H65N3O11. The third kappa shape index (κ3) is 15.8. The first-order valence-corrected chi connectivity index (χ1v) is 26.1. The van der Waals surface area contributed by atoms with Crippen molar-refractivity contribution in [3.63, 3.8) is 0 Å². The van der Waals surface area contributed by atoms with Gasteiger partial charge < -0.3 is 47.4 Å². The molecule has 0 radical (unpaired) electrons. The van der Waals surface area contributed by atoms with E-state index in [1.165, 1.54) is 6.92 Å². The Morgan fingerprint density at radius 2 is 0.714 bits per heavy atom. The minimum absolute atomic E-state index is 0.0232. The molecule has 1 aliphatic heterocycles. The Hall–Kier alpha value is -7.04. The lowest BCUT2D eigenvalue weighted by molar-refractivity contribution is -0.339. The number of esters is 1. The molecule has 0 spiro atoms. The van der Waals surface area contributed by atoms with E-state index < -0.39 is 73.2 Å². The lowest BCUT2D eigenvalue weighted by atomic mass is 9.83. The topological polar surface area (TPSA) is 158 Å². The molecule has 2 aliphatic rings. The quantitative estimate of drug-likeness (QED) is 0.0220. The molecular weight excluding hydrogens is 975 g/mol. The van der Waals surface area contributed by atoms with Crippen molar-refractivity contribution in [1.82, 2.24) is 0 Å². The van der Waals surface area contributed by atoms with Gasteiger partial charge in [-0.1, -0.05) is 217 Å². The molecule has 1 saturated carbocycles. The molecule has 1 saturated heterocycles. The summed E-state index contributed by atoms with van der Waals surface area (Å²) in [5, 5.41) is 4.41. The second kappa shape index (κ2) is 28.9. The van der Waals surface area contributed by atoms with Crippen molar-refractivity contribution in [2.24, 2.45) is 5.11 Å². The fraction of sp³-hybridized carbons (Fsp3) is 0.317. The molecule has 0 amide bonds. The van der Waals surface area contributed by atoms with E-state index in [0.29, 0.717) is 0 Å². The number of ether oxygens (including phenoxy) is 10. The van der Waals surface area contributed by atoms with Crippen LogP contribution in [0.4, 0.5) is 0 Å². The van der Waals surface area contributed by atoms with Crippen molar-refractivity contribution in [2.75, 3.05) is 6.61 Å². The monoisotopic (exact) mass is 1040 g/mol. The summed E-state index contributed by atoms with van der Waals surface area (Å²) in [7, 11) is 0. The molecule has 0 unspecified atom stereocenters. The van der Waals surface area contributed by atoms with Gasteiger partial charge in [-0.25, -0.2) is 0 Å². The van der Waals surface area contributed by atoms with Gasteiger partial charge in [-0.05, 0) is 44.5 Å². The summed E-state index contributed by atoms with van der Waals surface area (Å²) in [4.78, 5) is 17.1. The molecule has 9 rings (SSSR count). The Labute approximate surface area is 450 Å². The first-order valence-electron chi connectivity index (χ1n) is 26.1. The summed E-state index contributed by atoms with van der Waals surface area (Å²) < 4.78 is 69.2. The average molecular weight is 1040 g/mol. The third-order valence-electron chi connectivity index (χ3n) is 13.4. The zero-order valence-electron chi connectivity index (χ0n) is 43.0. The summed E-state index contributed by atoms with van der Waals surface area (Å²) in [5.74, 6) is -0.606. The van der Waals surface area contributed by atoms with E-state index >= 15 is 0 Å². The van der Waals surface area contributed by atoms with E-state index in [2.05, 4.69) is 10.0 Å². The second-order valence-corrected chi connectivity index (χ2v) is 19.0. The largest absolute Gasteiger partial charge is 0.457 e. The van der Waals surface area contributed by atoms with E-state index in [1.54, 1.807) is 0 Å². The number of carbonyl (C=O) groups excluding carboxylic acids is 1.